The Balaban J connectivity index is 1.86. The number of anilines is 1. The molecular weight excluding hydrogens is 176 g/mol. The van der Waals surface area contributed by atoms with E-state index in [1.165, 1.54) is 12.8 Å². The highest BCUT2D eigenvalue weighted by molar-refractivity contribution is 5.33. The topological polar surface area (TPSA) is 63.8 Å². The fraction of sp³-hybridized carbons (Fsp3) is 0.600. The van der Waals surface area contributed by atoms with E-state index in [1.54, 1.807) is 0 Å². The van der Waals surface area contributed by atoms with Crippen molar-refractivity contribution in [2.24, 2.45) is 5.73 Å². The molecule has 0 atom stereocenters. The molecule has 1 heterocycles. The molecule has 2 rings (SSSR count). The molecule has 0 amide bonds. The van der Waals surface area contributed by atoms with Crippen LogP contribution >= 0.6 is 0 Å². The van der Waals surface area contributed by atoms with Gasteiger partial charge < -0.3 is 11.1 Å². The summed E-state index contributed by atoms with van der Waals surface area (Å²) < 4.78 is 0. The molecule has 76 valence electrons. The van der Waals surface area contributed by atoms with E-state index in [0.29, 0.717) is 12.5 Å². The molecule has 14 heavy (non-hydrogen) atoms. The van der Waals surface area contributed by atoms with Gasteiger partial charge in [-0.05, 0) is 37.9 Å². The van der Waals surface area contributed by atoms with Crippen molar-refractivity contribution in [3.8, 4) is 0 Å². The van der Waals surface area contributed by atoms with Gasteiger partial charge in [-0.3, -0.25) is 0 Å². The van der Waals surface area contributed by atoms with Crippen LogP contribution in [-0.4, -0.2) is 23.3 Å². The maximum absolute atomic E-state index is 5.39. The highest BCUT2D eigenvalue weighted by Gasteiger charge is 2.24. The molecule has 1 saturated carbocycles. The molecule has 4 heteroatoms. The van der Waals surface area contributed by atoms with E-state index in [-0.39, 0.29) is 0 Å². The molecule has 0 unspecified atom stereocenters. The highest BCUT2D eigenvalue weighted by atomic mass is 15.2. The monoisotopic (exact) mass is 192 g/mol. The molecule has 0 aliphatic heterocycles. The second-order valence-electron chi connectivity index (χ2n) is 3.69. The van der Waals surface area contributed by atoms with Crippen LogP contribution in [0, 0.1) is 0 Å². The van der Waals surface area contributed by atoms with E-state index >= 15 is 0 Å². The lowest BCUT2D eigenvalue weighted by molar-refractivity contribution is 0.854. The number of aromatic nitrogens is 2. The third kappa shape index (κ3) is 2.42. The van der Waals surface area contributed by atoms with Crippen LogP contribution in [-0.2, 0) is 0 Å². The summed E-state index contributed by atoms with van der Waals surface area (Å²) >= 11 is 0. The fourth-order valence-corrected chi connectivity index (χ4v) is 1.35. The minimum Gasteiger partial charge on any atom is -0.369 e. The molecule has 0 aromatic carbocycles. The van der Waals surface area contributed by atoms with Gasteiger partial charge in [0.2, 0.25) is 0 Å². The zero-order chi connectivity index (χ0) is 9.80. The van der Waals surface area contributed by atoms with Gasteiger partial charge in [-0.2, -0.15) is 5.10 Å². The molecule has 1 aliphatic rings. The number of nitrogens with zero attached hydrogens (tertiary/aromatic N) is 2. The van der Waals surface area contributed by atoms with Crippen LogP contribution in [0.15, 0.2) is 12.1 Å². The van der Waals surface area contributed by atoms with Gasteiger partial charge in [0, 0.05) is 12.5 Å². The zero-order valence-corrected chi connectivity index (χ0v) is 8.24. The smallest absolute Gasteiger partial charge is 0.148 e. The Hall–Kier alpha value is -1.16. The summed E-state index contributed by atoms with van der Waals surface area (Å²) in [6.45, 7) is 1.58. The Morgan fingerprint density at radius 2 is 2.21 bits per heavy atom. The van der Waals surface area contributed by atoms with Gasteiger partial charge in [0.1, 0.15) is 5.82 Å². The van der Waals surface area contributed by atoms with Gasteiger partial charge in [0.05, 0.1) is 5.69 Å². The minimum absolute atomic E-state index is 0.681. The summed E-state index contributed by atoms with van der Waals surface area (Å²) in [7, 11) is 0. The van der Waals surface area contributed by atoms with Gasteiger partial charge in [0.15, 0.2) is 0 Å². The van der Waals surface area contributed by atoms with Crippen molar-refractivity contribution in [1.82, 2.24) is 10.2 Å². The number of hydrogen-bond acceptors (Lipinski definition) is 4. The SMILES string of the molecule is NCCCNc1ccc(C2CC2)nn1. The molecular formula is C10H16N4. The Morgan fingerprint density at radius 1 is 1.36 bits per heavy atom. The molecule has 0 saturated heterocycles. The molecule has 1 aromatic heterocycles. The summed E-state index contributed by atoms with van der Waals surface area (Å²) in [5, 5.41) is 11.5. The molecule has 1 fully saturated rings. The summed E-state index contributed by atoms with van der Waals surface area (Å²) in [6.07, 6.45) is 3.51. The van der Waals surface area contributed by atoms with Gasteiger partial charge in [-0.15, -0.1) is 5.10 Å². The predicted octanol–water partition coefficient (Wildman–Crippen LogP) is 1.11. The fourth-order valence-electron chi connectivity index (χ4n) is 1.35. The van der Waals surface area contributed by atoms with Gasteiger partial charge in [-0.1, -0.05) is 0 Å². The molecule has 1 aliphatic carbocycles. The minimum atomic E-state index is 0.681. The lowest BCUT2D eigenvalue weighted by Crippen LogP contribution is -2.09. The summed E-state index contributed by atoms with van der Waals surface area (Å²) in [6, 6.07) is 4.06. The normalized spacial score (nSPS) is 15.5. The van der Waals surface area contributed by atoms with Crippen molar-refractivity contribution in [2.45, 2.75) is 25.2 Å². The van der Waals surface area contributed by atoms with Crippen molar-refractivity contribution in [3.05, 3.63) is 17.8 Å². The summed E-state index contributed by atoms with van der Waals surface area (Å²) in [5.74, 6) is 1.53. The third-order valence-corrected chi connectivity index (χ3v) is 2.37. The summed E-state index contributed by atoms with van der Waals surface area (Å²) in [4.78, 5) is 0. The van der Waals surface area contributed by atoms with Crippen molar-refractivity contribution in [1.29, 1.82) is 0 Å². The van der Waals surface area contributed by atoms with Crippen molar-refractivity contribution in [2.75, 3.05) is 18.4 Å². The van der Waals surface area contributed by atoms with Crippen molar-refractivity contribution < 1.29 is 0 Å². The Labute approximate surface area is 83.9 Å². The number of hydrogen-bond donors (Lipinski definition) is 2. The second kappa shape index (κ2) is 4.37. The maximum Gasteiger partial charge on any atom is 0.148 e. The van der Waals surface area contributed by atoms with E-state index in [0.717, 1.165) is 24.5 Å². The van der Waals surface area contributed by atoms with Crippen LogP contribution in [0.3, 0.4) is 0 Å². The molecule has 3 N–H and O–H groups in total. The van der Waals surface area contributed by atoms with E-state index in [4.69, 9.17) is 5.73 Å². The Morgan fingerprint density at radius 3 is 2.79 bits per heavy atom. The maximum atomic E-state index is 5.39. The van der Waals surface area contributed by atoms with Crippen LogP contribution in [0.1, 0.15) is 30.9 Å². The van der Waals surface area contributed by atoms with E-state index in [2.05, 4.69) is 21.6 Å². The molecule has 0 radical (unpaired) electrons. The van der Waals surface area contributed by atoms with Crippen molar-refractivity contribution in [3.63, 3.8) is 0 Å². The summed E-state index contributed by atoms with van der Waals surface area (Å²) in [5.41, 5.74) is 6.52. The van der Waals surface area contributed by atoms with E-state index in [1.807, 2.05) is 6.07 Å². The van der Waals surface area contributed by atoms with Crippen LogP contribution < -0.4 is 11.1 Å². The van der Waals surface area contributed by atoms with E-state index < -0.39 is 0 Å². The van der Waals surface area contributed by atoms with Crippen LogP contribution in [0.2, 0.25) is 0 Å². The lowest BCUT2D eigenvalue weighted by atomic mass is 10.3. The zero-order valence-electron chi connectivity index (χ0n) is 8.24. The second-order valence-corrected chi connectivity index (χ2v) is 3.69. The first-order chi connectivity index (χ1) is 6.90. The van der Waals surface area contributed by atoms with Crippen LogP contribution in [0.25, 0.3) is 0 Å². The predicted molar refractivity (Wildman–Crippen MR) is 56.2 cm³/mol. The number of nitrogens with two attached hydrogens (primary N) is 1. The average Bonchev–Trinajstić information content (AvgIpc) is 3.03. The van der Waals surface area contributed by atoms with Crippen LogP contribution in [0.4, 0.5) is 5.82 Å². The molecule has 0 bridgehead atoms. The first-order valence-electron chi connectivity index (χ1n) is 5.17. The first kappa shape index (κ1) is 9.40. The van der Waals surface area contributed by atoms with E-state index in [9.17, 15) is 0 Å². The third-order valence-electron chi connectivity index (χ3n) is 2.37. The number of nitrogens with one attached hydrogen (secondary N) is 1. The van der Waals surface area contributed by atoms with Gasteiger partial charge in [0.25, 0.3) is 0 Å². The van der Waals surface area contributed by atoms with Gasteiger partial charge >= 0.3 is 0 Å². The average molecular weight is 192 g/mol. The van der Waals surface area contributed by atoms with Crippen LogP contribution in [0.5, 0.6) is 0 Å². The van der Waals surface area contributed by atoms with Gasteiger partial charge in [-0.25, -0.2) is 0 Å². The lowest BCUT2D eigenvalue weighted by Gasteiger charge is -2.03. The molecule has 0 spiro atoms. The Bertz CT molecular complexity index is 279. The molecule has 4 nitrogen and oxygen atoms in total. The molecule has 1 aromatic rings. The quantitative estimate of drug-likeness (QED) is 0.686. The first-order valence-corrected chi connectivity index (χ1v) is 5.17. The standard InChI is InChI=1S/C10H16N4/c11-6-1-7-12-10-5-4-9(13-14-10)8-2-3-8/h4-5,8H,1-3,6-7,11H2,(H,12,14). The van der Waals surface area contributed by atoms with Crippen molar-refractivity contribution >= 4 is 5.82 Å². The Kier molecular flexibility index (Phi) is 2.93. The number of rotatable bonds is 5. The largest absolute Gasteiger partial charge is 0.369 e. The highest BCUT2D eigenvalue weighted by Crippen LogP contribution is 2.38.